The first-order valence-corrected chi connectivity index (χ1v) is 12.0. The summed E-state index contributed by atoms with van der Waals surface area (Å²) in [6, 6.07) is 27.6. The van der Waals surface area contributed by atoms with Gasteiger partial charge in [-0.25, -0.2) is 0 Å². The Labute approximate surface area is 201 Å². The molecule has 1 unspecified atom stereocenters. The van der Waals surface area contributed by atoms with Crippen molar-refractivity contribution in [2.75, 3.05) is 17.8 Å². The van der Waals surface area contributed by atoms with Gasteiger partial charge in [0.05, 0.1) is 31.7 Å². The Bertz CT molecular complexity index is 998. The van der Waals surface area contributed by atoms with E-state index in [2.05, 4.69) is 22.6 Å². The predicted molar refractivity (Wildman–Crippen MR) is 134 cm³/mol. The Hall–Kier alpha value is -2.32. The number of para-hydroxylation sites is 1. The number of thioether (sulfide) groups is 1. The maximum atomic E-state index is 13.8. The molecule has 0 bridgehead atoms. The molecule has 3 aromatic carbocycles. The molecule has 0 radical (unpaired) electrons. The van der Waals surface area contributed by atoms with E-state index < -0.39 is 5.92 Å². The van der Waals surface area contributed by atoms with Gasteiger partial charge >= 0.3 is 5.97 Å². The molecule has 0 heterocycles. The van der Waals surface area contributed by atoms with Crippen LogP contribution in [0.3, 0.4) is 0 Å². The van der Waals surface area contributed by atoms with Crippen molar-refractivity contribution in [3.05, 3.63) is 94.1 Å². The Kier molecular flexibility index (Phi) is 8.97. The summed E-state index contributed by atoms with van der Waals surface area (Å²) < 4.78 is 5.87. The number of methoxy groups -OCH3 is 1. The summed E-state index contributed by atoms with van der Waals surface area (Å²) in [4.78, 5) is 28.7. The molecule has 160 valence electrons. The highest BCUT2D eigenvalue weighted by molar-refractivity contribution is 14.1. The van der Waals surface area contributed by atoms with Crippen molar-refractivity contribution >= 4 is 51.9 Å². The van der Waals surface area contributed by atoms with Gasteiger partial charge in [0, 0.05) is 14.2 Å². The van der Waals surface area contributed by atoms with E-state index in [1.165, 1.54) is 7.11 Å². The lowest BCUT2D eigenvalue weighted by molar-refractivity contribution is -0.143. The van der Waals surface area contributed by atoms with E-state index in [0.29, 0.717) is 12.3 Å². The minimum Gasteiger partial charge on any atom is -0.469 e. The second-order valence-electron chi connectivity index (χ2n) is 6.96. The Morgan fingerprint density at radius 3 is 2.19 bits per heavy atom. The lowest BCUT2D eigenvalue weighted by atomic mass is 10.0. The second kappa shape index (κ2) is 11.9. The monoisotopic (exact) mass is 545 g/mol. The lowest BCUT2D eigenvalue weighted by Crippen LogP contribution is -2.38. The number of ether oxygens (including phenoxy) is 1. The average Bonchev–Trinajstić information content (AvgIpc) is 2.81. The zero-order valence-electron chi connectivity index (χ0n) is 17.2. The number of hydrogen-bond donors (Lipinski definition) is 0. The van der Waals surface area contributed by atoms with Crippen molar-refractivity contribution in [1.29, 1.82) is 0 Å². The molecule has 0 saturated carbocycles. The third kappa shape index (κ3) is 6.83. The van der Waals surface area contributed by atoms with Crippen molar-refractivity contribution in [3.63, 3.8) is 0 Å². The molecule has 0 aromatic heterocycles. The molecule has 3 rings (SSSR count). The molecule has 0 saturated heterocycles. The second-order valence-corrected chi connectivity index (χ2v) is 9.22. The fourth-order valence-electron chi connectivity index (χ4n) is 3.15. The first-order chi connectivity index (χ1) is 15.1. The third-order valence-electron chi connectivity index (χ3n) is 4.78. The van der Waals surface area contributed by atoms with Crippen LogP contribution in [-0.2, 0) is 20.9 Å². The van der Waals surface area contributed by atoms with E-state index in [0.717, 1.165) is 19.7 Å². The highest BCUT2D eigenvalue weighted by atomic mass is 127. The van der Waals surface area contributed by atoms with Crippen LogP contribution in [0.15, 0.2) is 89.8 Å². The number of halogens is 1. The molecule has 0 fully saturated rings. The molecular formula is C25H24INO3S. The van der Waals surface area contributed by atoms with E-state index in [1.807, 2.05) is 84.9 Å². The zero-order valence-corrected chi connectivity index (χ0v) is 20.2. The largest absolute Gasteiger partial charge is 0.469 e. The average molecular weight is 545 g/mol. The predicted octanol–water partition coefficient (Wildman–Crippen LogP) is 5.80. The summed E-state index contributed by atoms with van der Waals surface area (Å²) in [5.41, 5.74) is 1.87. The molecule has 0 aliphatic rings. The smallest absolute Gasteiger partial charge is 0.306 e. The van der Waals surface area contributed by atoms with E-state index >= 15 is 0 Å². The topological polar surface area (TPSA) is 46.6 Å². The zero-order chi connectivity index (χ0) is 22.1. The summed E-state index contributed by atoms with van der Waals surface area (Å²) in [5, 5.41) is 0. The number of nitrogens with zero attached hydrogens (tertiary/aromatic N) is 1. The molecule has 0 spiro atoms. The van der Waals surface area contributed by atoms with E-state index in [4.69, 9.17) is 4.74 Å². The van der Waals surface area contributed by atoms with Gasteiger partial charge in [0.25, 0.3) is 0 Å². The summed E-state index contributed by atoms with van der Waals surface area (Å²) in [5.74, 6) is -0.472. The highest BCUT2D eigenvalue weighted by Crippen LogP contribution is 2.29. The van der Waals surface area contributed by atoms with E-state index in [9.17, 15) is 9.59 Å². The maximum Gasteiger partial charge on any atom is 0.306 e. The molecule has 0 aliphatic carbocycles. The summed E-state index contributed by atoms with van der Waals surface area (Å²) in [6.45, 7) is 0.438. The van der Waals surface area contributed by atoms with Crippen LogP contribution in [0.4, 0.5) is 5.69 Å². The van der Waals surface area contributed by atoms with Crippen LogP contribution in [0.2, 0.25) is 0 Å². The van der Waals surface area contributed by atoms with Gasteiger partial charge in [-0.05, 0) is 52.4 Å². The Morgan fingerprint density at radius 2 is 1.55 bits per heavy atom. The van der Waals surface area contributed by atoms with Gasteiger partial charge < -0.3 is 9.64 Å². The number of benzene rings is 3. The minimum atomic E-state index is -0.502. The number of hydrogen-bond acceptors (Lipinski definition) is 4. The fourth-order valence-corrected chi connectivity index (χ4v) is 4.84. The van der Waals surface area contributed by atoms with Gasteiger partial charge in [0.15, 0.2) is 0 Å². The van der Waals surface area contributed by atoms with Crippen LogP contribution in [0, 0.1) is 9.49 Å². The minimum absolute atomic E-state index is 0.0455. The van der Waals surface area contributed by atoms with Crippen LogP contribution in [0.25, 0.3) is 0 Å². The number of rotatable bonds is 9. The quantitative estimate of drug-likeness (QED) is 0.194. The number of carbonyl (C=O) groups excluding carboxylic acids is 2. The normalized spacial score (nSPS) is 11.5. The van der Waals surface area contributed by atoms with Crippen LogP contribution in [0.1, 0.15) is 12.0 Å². The molecule has 1 amide bonds. The van der Waals surface area contributed by atoms with Gasteiger partial charge in [-0.3, -0.25) is 9.59 Å². The van der Waals surface area contributed by atoms with E-state index in [-0.39, 0.29) is 18.3 Å². The first-order valence-electron chi connectivity index (χ1n) is 9.93. The van der Waals surface area contributed by atoms with Crippen LogP contribution in [-0.4, -0.2) is 24.7 Å². The summed E-state index contributed by atoms with van der Waals surface area (Å²) in [6.07, 6.45) is 0.0455. The van der Waals surface area contributed by atoms with Crippen LogP contribution in [0.5, 0.6) is 0 Å². The van der Waals surface area contributed by atoms with Gasteiger partial charge in [-0.15, -0.1) is 11.8 Å². The molecule has 6 heteroatoms. The molecule has 31 heavy (non-hydrogen) atoms. The molecule has 3 aromatic rings. The van der Waals surface area contributed by atoms with Gasteiger partial charge in [-0.2, -0.15) is 0 Å². The number of esters is 1. The summed E-state index contributed by atoms with van der Waals surface area (Å²) in [7, 11) is 1.36. The van der Waals surface area contributed by atoms with Crippen molar-refractivity contribution in [3.8, 4) is 0 Å². The third-order valence-corrected chi connectivity index (χ3v) is 6.86. The Morgan fingerprint density at radius 1 is 0.935 bits per heavy atom. The van der Waals surface area contributed by atoms with Crippen molar-refractivity contribution < 1.29 is 14.3 Å². The summed E-state index contributed by atoms with van der Waals surface area (Å²) >= 11 is 3.82. The SMILES string of the molecule is COC(=O)CC(CSc1ccccc1)C(=O)N(Cc1ccccc1)c1ccccc1I. The molecule has 0 aliphatic heterocycles. The lowest BCUT2D eigenvalue weighted by Gasteiger charge is -2.28. The number of amides is 1. The highest BCUT2D eigenvalue weighted by Gasteiger charge is 2.29. The van der Waals surface area contributed by atoms with Crippen molar-refractivity contribution in [2.24, 2.45) is 5.92 Å². The molecule has 1 atom stereocenters. The first kappa shape index (κ1) is 23.3. The standard InChI is InChI=1S/C25H24INO3S/c1-30-24(28)16-20(18-31-21-12-6-3-7-13-21)25(29)27(17-19-10-4-2-5-11-19)23-15-9-8-14-22(23)26/h2-15,20H,16-18H2,1H3. The molecule has 4 nitrogen and oxygen atoms in total. The van der Waals surface area contributed by atoms with E-state index in [1.54, 1.807) is 16.7 Å². The van der Waals surface area contributed by atoms with Crippen molar-refractivity contribution in [2.45, 2.75) is 17.9 Å². The molecule has 0 N–H and O–H groups in total. The number of anilines is 1. The van der Waals surface area contributed by atoms with Crippen LogP contribution >= 0.6 is 34.4 Å². The number of carbonyl (C=O) groups is 2. The van der Waals surface area contributed by atoms with Crippen LogP contribution < -0.4 is 4.90 Å². The fraction of sp³-hybridized carbons (Fsp3) is 0.200. The molecular weight excluding hydrogens is 521 g/mol. The van der Waals surface area contributed by atoms with Crippen molar-refractivity contribution in [1.82, 2.24) is 0 Å². The Balaban J connectivity index is 1.89. The van der Waals surface area contributed by atoms with Gasteiger partial charge in [0.1, 0.15) is 0 Å². The van der Waals surface area contributed by atoms with Gasteiger partial charge in [0.2, 0.25) is 5.91 Å². The maximum absolute atomic E-state index is 13.8. The van der Waals surface area contributed by atoms with Gasteiger partial charge in [-0.1, -0.05) is 60.7 Å².